The van der Waals surface area contributed by atoms with Gasteiger partial charge in [-0.1, -0.05) is 177 Å². The summed E-state index contributed by atoms with van der Waals surface area (Å²) in [5.74, 6) is 1.02. The molecule has 3 aliphatic rings. The van der Waals surface area contributed by atoms with Crippen LogP contribution < -0.4 is 0 Å². The van der Waals surface area contributed by atoms with E-state index in [1.165, 1.54) is 76.2 Å². The maximum atomic E-state index is 5.41. The Morgan fingerprint density at radius 3 is 1.85 bits per heavy atom. The van der Waals surface area contributed by atoms with Crippen molar-refractivity contribution in [1.29, 1.82) is 0 Å². The lowest BCUT2D eigenvalue weighted by molar-refractivity contribution is 0.751. The van der Waals surface area contributed by atoms with Gasteiger partial charge in [-0.15, -0.1) is 11.3 Å². The van der Waals surface area contributed by atoms with Crippen molar-refractivity contribution in [2.45, 2.75) is 18.8 Å². The molecule has 9 aromatic rings. The Labute approximate surface area is 348 Å². The zero-order valence-corrected chi connectivity index (χ0v) is 33.4. The van der Waals surface area contributed by atoms with E-state index in [1.54, 1.807) is 0 Å². The molecule has 0 aliphatic heterocycles. The molecule has 1 atom stereocenters. The zero-order valence-electron chi connectivity index (χ0n) is 32.6. The molecule has 0 N–H and O–H groups in total. The Hall–Kier alpha value is -6.94. The van der Waals surface area contributed by atoms with E-state index in [1.807, 2.05) is 11.3 Å². The third kappa shape index (κ3) is 5.11. The molecule has 0 saturated heterocycles. The molecule has 12 rings (SSSR count). The molecule has 3 heteroatoms. The average molecular weight is 771 g/mol. The number of benzene rings is 7. The Kier molecular flexibility index (Phi) is 7.70. The summed E-state index contributed by atoms with van der Waals surface area (Å²) in [6.45, 7) is 2.31. The van der Waals surface area contributed by atoms with Crippen LogP contribution in [0.1, 0.15) is 46.3 Å². The first-order chi connectivity index (χ1) is 29.2. The first-order valence-electron chi connectivity index (χ1n) is 20.5. The maximum Gasteiger partial charge on any atom is 0.156 e. The van der Waals surface area contributed by atoms with Crippen LogP contribution in [0.15, 0.2) is 194 Å². The van der Waals surface area contributed by atoms with Crippen molar-refractivity contribution in [3.8, 4) is 55.9 Å². The molecule has 2 nitrogen and oxygen atoms in total. The summed E-state index contributed by atoms with van der Waals surface area (Å²) in [4.78, 5) is 12.2. The van der Waals surface area contributed by atoms with Crippen molar-refractivity contribution in [2.75, 3.05) is 0 Å². The van der Waals surface area contributed by atoms with Crippen LogP contribution in [0.4, 0.5) is 0 Å². The van der Waals surface area contributed by atoms with E-state index in [4.69, 9.17) is 9.97 Å². The van der Waals surface area contributed by atoms with E-state index in [9.17, 15) is 0 Å². The number of thiophene rings is 1. The molecule has 0 fully saturated rings. The van der Waals surface area contributed by atoms with Gasteiger partial charge in [0.25, 0.3) is 0 Å². The SMILES string of the molecule is CC1CC=C(c2cccc3c2-c2c(sc4ccccc24)C32c3ccccc3-c3ccccc32)C=C1c1nc(-c2ccccc2)cc(-c2cccc(-c3ccccc3)c2)n1. The molecule has 3 aliphatic carbocycles. The summed E-state index contributed by atoms with van der Waals surface area (Å²) in [6.07, 6.45) is 5.75. The predicted molar refractivity (Wildman–Crippen MR) is 246 cm³/mol. The van der Waals surface area contributed by atoms with Crippen molar-refractivity contribution in [2.24, 2.45) is 5.92 Å². The lowest BCUT2D eigenvalue weighted by Gasteiger charge is -2.29. The fraction of sp³-hybridized carbons (Fsp3) is 0.0714. The molecule has 2 aromatic heterocycles. The minimum atomic E-state index is -0.386. The predicted octanol–water partition coefficient (Wildman–Crippen LogP) is 14.5. The quantitative estimate of drug-likeness (QED) is 0.174. The number of allylic oxidation sites excluding steroid dienone is 4. The topological polar surface area (TPSA) is 25.8 Å². The van der Waals surface area contributed by atoms with Crippen LogP contribution in [0.3, 0.4) is 0 Å². The van der Waals surface area contributed by atoms with Crippen molar-refractivity contribution in [3.05, 3.63) is 227 Å². The normalized spacial score (nSPS) is 15.6. The smallest absolute Gasteiger partial charge is 0.156 e. The molecule has 0 bridgehead atoms. The first kappa shape index (κ1) is 34.1. The van der Waals surface area contributed by atoms with Gasteiger partial charge in [0.15, 0.2) is 5.82 Å². The van der Waals surface area contributed by atoms with Gasteiger partial charge in [-0.05, 0) is 92.3 Å². The van der Waals surface area contributed by atoms with E-state index in [0.29, 0.717) is 0 Å². The number of hydrogen-bond donors (Lipinski definition) is 0. The maximum absolute atomic E-state index is 5.41. The highest BCUT2D eigenvalue weighted by molar-refractivity contribution is 7.20. The molecule has 59 heavy (non-hydrogen) atoms. The standard InChI is InChI=1S/C56H38N2S/c1-35-30-31-39(33-45(35)55-57-49(37-18-6-3-7-19-37)34-50(58-55)40-21-14-20-38(32-40)36-16-4-2-5-17-36)41-25-15-28-48-52(41)53-44-24-10-13-29-51(44)59-54(53)56(48)46-26-11-8-22-42(46)43-23-9-12-27-47(43)56/h2-29,31-35H,30H2,1H3. The van der Waals surface area contributed by atoms with E-state index < -0.39 is 0 Å². The zero-order chi connectivity index (χ0) is 39.1. The summed E-state index contributed by atoms with van der Waals surface area (Å²) >= 11 is 1.96. The molecular weight excluding hydrogens is 733 g/mol. The molecular formula is C56H38N2S. The van der Waals surface area contributed by atoms with Crippen LogP contribution in [-0.2, 0) is 5.41 Å². The van der Waals surface area contributed by atoms with Crippen LogP contribution >= 0.6 is 11.3 Å². The van der Waals surface area contributed by atoms with Crippen molar-refractivity contribution in [3.63, 3.8) is 0 Å². The lowest BCUT2D eigenvalue weighted by Crippen LogP contribution is -2.25. The van der Waals surface area contributed by atoms with Crippen LogP contribution in [0.2, 0.25) is 0 Å². The summed E-state index contributed by atoms with van der Waals surface area (Å²) in [6, 6.07) is 66.2. The number of aromatic nitrogens is 2. The highest BCUT2D eigenvalue weighted by Crippen LogP contribution is 2.67. The number of fused-ring (bicyclic) bond motifs is 12. The van der Waals surface area contributed by atoms with Gasteiger partial charge in [-0.2, -0.15) is 0 Å². The third-order valence-electron chi connectivity index (χ3n) is 12.8. The summed E-state index contributed by atoms with van der Waals surface area (Å²) in [5.41, 5.74) is 19.2. The highest BCUT2D eigenvalue weighted by atomic mass is 32.1. The Morgan fingerprint density at radius 1 is 0.508 bits per heavy atom. The summed E-state index contributed by atoms with van der Waals surface area (Å²) < 4.78 is 1.33. The van der Waals surface area contributed by atoms with Crippen LogP contribution in [-0.4, -0.2) is 9.97 Å². The van der Waals surface area contributed by atoms with Gasteiger partial charge in [-0.25, -0.2) is 9.97 Å². The Balaban J connectivity index is 1.06. The number of hydrogen-bond acceptors (Lipinski definition) is 3. The van der Waals surface area contributed by atoms with Gasteiger partial charge >= 0.3 is 0 Å². The fourth-order valence-electron chi connectivity index (χ4n) is 10.1. The second-order valence-corrected chi connectivity index (χ2v) is 17.1. The van der Waals surface area contributed by atoms with Gasteiger partial charge < -0.3 is 0 Å². The minimum Gasteiger partial charge on any atom is -0.228 e. The van der Waals surface area contributed by atoms with Crippen molar-refractivity contribution < 1.29 is 0 Å². The Bertz CT molecular complexity index is 3160. The van der Waals surface area contributed by atoms with Crippen molar-refractivity contribution >= 4 is 32.6 Å². The Morgan fingerprint density at radius 2 is 1.08 bits per heavy atom. The van der Waals surface area contributed by atoms with Gasteiger partial charge in [0.05, 0.1) is 16.8 Å². The van der Waals surface area contributed by atoms with E-state index in [2.05, 4.69) is 201 Å². The molecule has 7 aromatic carbocycles. The van der Waals surface area contributed by atoms with E-state index in [-0.39, 0.29) is 11.3 Å². The molecule has 0 radical (unpaired) electrons. The minimum absolute atomic E-state index is 0.238. The number of rotatable bonds is 5. The van der Waals surface area contributed by atoms with Gasteiger partial charge in [0.2, 0.25) is 0 Å². The highest BCUT2D eigenvalue weighted by Gasteiger charge is 2.54. The van der Waals surface area contributed by atoms with Crippen LogP contribution in [0, 0.1) is 5.92 Å². The molecule has 2 heterocycles. The van der Waals surface area contributed by atoms with Gasteiger partial charge in [0.1, 0.15) is 0 Å². The van der Waals surface area contributed by atoms with Crippen LogP contribution in [0.25, 0.3) is 77.1 Å². The fourth-order valence-corrected chi connectivity index (χ4v) is 11.5. The molecule has 1 unspecified atom stereocenters. The monoisotopic (exact) mass is 770 g/mol. The second-order valence-electron chi connectivity index (χ2n) is 16.0. The number of nitrogens with zero attached hydrogens (tertiary/aromatic N) is 2. The molecule has 278 valence electrons. The van der Waals surface area contributed by atoms with Gasteiger partial charge in [0, 0.05) is 37.2 Å². The largest absolute Gasteiger partial charge is 0.228 e. The van der Waals surface area contributed by atoms with E-state index >= 15 is 0 Å². The van der Waals surface area contributed by atoms with Crippen molar-refractivity contribution in [1.82, 2.24) is 9.97 Å². The summed E-state index contributed by atoms with van der Waals surface area (Å²) in [7, 11) is 0. The first-order valence-corrected chi connectivity index (χ1v) is 21.4. The third-order valence-corrected chi connectivity index (χ3v) is 14.1. The molecule has 1 spiro atoms. The molecule has 0 saturated carbocycles. The van der Waals surface area contributed by atoms with E-state index in [0.717, 1.165) is 40.3 Å². The second kappa shape index (κ2) is 13.3. The lowest BCUT2D eigenvalue weighted by atomic mass is 9.73. The van der Waals surface area contributed by atoms with Crippen LogP contribution in [0.5, 0.6) is 0 Å². The average Bonchev–Trinajstić information content (AvgIpc) is 3.93. The van der Waals surface area contributed by atoms with Gasteiger partial charge in [-0.3, -0.25) is 0 Å². The summed E-state index contributed by atoms with van der Waals surface area (Å²) in [5, 5.41) is 1.33. The molecule has 0 amide bonds.